The monoisotopic (exact) mass is 636 g/mol. The zero-order valence-electron chi connectivity index (χ0n) is 25.4. The fourth-order valence-corrected chi connectivity index (χ4v) is 5.81. The number of benzene rings is 2. The van der Waals surface area contributed by atoms with Crippen molar-refractivity contribution in [3.63, 3.8) is 0 Å². The number of imide groups is 1. The summed E-state index contributed by atoms with van der Waals surface area (Å²) in [6.45, 7) is 10.0. The van der Waals surface area contributed by atoms with Crippen molar-refractivity contribution in [1.82, 2.24) is 5.32 Å². The number of carboxylic acids is 1. The number of alkyl halides is 3. The summed E-state index contributed by atoms with van der Waals surface area (Å²) in [6.07, 6.45) is 4.35. The summed E-state index contributed by atoms with van der Waals surface area (Å²) in [5, 5.41) is 9.06. The topological polar surface area (TPSA) is 128 Å². The third kappa shape index (κ3) is 9.25. The van der Waals surface area contributed by atoms with Crippen LogP contribution in [0.25, 0.3) is 6.08 Å². The second-order valence-electron chi connectivity index (χ2n) is 11.2. The van der Waals surface area contributed by atoms with Crippen molar-refractivity contribution in [2.75, 3.05) is 13.2 Å². The lowest BCUT2D eigenvalue weighted by Gasteiger charge is -2.38. The number of carbonyl (C=O) groups is 3. The van der Waals surface area contributed by atoms with Crippen LogP contribution in [0.1, 0.15) is 72.4 Å². The Kier molecular flexibility index (Phi) is 11.9. The Labute approximate surface area is 259 Å². The van der Waals surface area contributed by atoms with Gasteiger partial charge in [-0.3, -0.25) is 14.9 Å². The van der Waals surface area contributed by atoms with Crippen LogP contribution in [0.2, 0.25) is 0 Å². The fourth-order valence-electron chi connectivity index (χ4n) is 5.13. The molecule has 240 valence electrons. The van der Waals surface area contributed by atoms with Crippen molar-refractivity contribution in [3.8, 4) is 11.5 Å². The first kappa shape index (κ1) is 35.0. The van der Waals surface area contributed by atoms with Gasteiger partial charge in [-0.2, -0.15) is 13.2 Å². The number of halogens is 3. The zero-order chi connectivity index (χ0) is 32.7. The van der Waals surface area contributed by atoms with Crippen molar-refractivity contribution in [3.05, 3.63) is 62.6 Å². The second-order valence-corrected chi connectivity index (χ2v) is 12.2. The van der Waals surface area contributed by atoms with E-state index in [2.05, 4.69) is 33.0 Å². The molecule has 2 amide bonds. The molecule has 0 spiro atoms. The number of aliphatic carboxylic acids is 1. The molecule has 0 aliphatic carbocycles. The van der Waals surface area contributed by atoms with E-state index in [9.17, 15) is 22.8 Å². The molecule has 12 heteroatoms. The van der Waals surface area contributed by atoms with Gasteiger partial charge in [0.2, 0.25) is 0 Å². The first-order valence-corrected chi connectivity index (χ1v) is 15.2. The number of hydrogen-bond donors (Lipinski definition) is 3. The van der Waals surface area contributed by atoms with Crippen LogP contribution in [-0.2, 0) is 22.4 Å². The smallest absolute Gasteiger partial charge is 0.489 e. The number of carbonyl (C=O) groups excluding carboxylic acids is 2. The number of thioether (sulfide) groups is 1. The second kappa shape index (κ2) is 15.0. The lowest BCUT2D eigenvalue weighted by molar-refractivity contribution is -0.192. The van der Waals surface area contributed by atoms with Gasteiger partial charge in [0, 0.05) is 0 Å². The van der Waals surface area contributed by atoms with E-state index in [1.807, 2.05) is 24.3 Å². The van der Waals surface area contributed by atoms with Gasteiger partial charge in [-0.15, -0.1) is 0 Å². The summed E-state index contributed by atoms with van der Waals surface area (Å²) in [6, 6.07) is 7.52. The molecule has 2 heterocycles. The maximum Gasteiger partial charge on any atom is 0.490 e. The van der Waals surface area contributed by atoms with Crippen molar-refractivity contribution in [1.29, 1.82) is 0 Å². The van der Waals surface area contributed by atoms with Gasteiger partial charge in [-0.25, -0.2) is 4.79 Å². The van der Waals surface area contributed by atoms with Crippen LogP contribution in [0, 0.1) is 20.8 Å². The molecule has 2 aromatic rings. The first-order chi connectivity index (χ1) is 20.6. The van der Waals surface area contributed by atoms with Crippen molar-refractivity contribution in [2.24, 2.45) is 5.73 Å². The van der Waals surface area contributed by atoms with Gasteiger partial charge in [-0.1, -0.05) is 25.0 Å². The Hall–Kier alpha value is -3.51. The highest BCUT2D eigenvalue weighted by atomic mass is 32.2. The van der Waals surface area contributed by atoms with Crippen LogP contribution in [0.5, 0.6) is 11.5 Å². The largest absolute Gasteiger partial charge is 0.490 e. The molecule has 1 unspecified atom stereocenters. The Bertz CT molecular complexity index is 1410. The third-order valence-corrected chi connectivity index (χ3v) is 8.59. The Balaban J connectivity index is 0.000000676. The number of carboxylic acid groups (broad SMARTS) is 1. The molecular weight excluding hydrogens is 597 g/mol. The molecule has 2 aliphatic heterocycles. The lowest BCUT2D eigenvalue weighted by atomic mass is 9.84. The van der Waals surface area contributed by atoms with E-state index < -0.39 is 17.7 Å². The van der Waals surface area contributed by atoms with Crippen molar-refractivity contribution < 1.29 is 42.1 Å². The minimum Gasteiger partial charge on any atom is -0.489 e. The number of nitrogens with one attached hydrogen (secondary N) is 1. The maximum atomic E-state index is 11.8. The van der Waals surface area contributed by atoms with E-state index in [-0.39, 0.29) is 11.1 Å². The van der Waals surface area contributed by atoms with E-state index in [0.717, 1.165) is 61.1 Å². The summed E-state index contributed by atoms with van der Waals surface area (Å²) in [4.78, 5) is 32.4. The highest BCUT2D eigenvalue weighted by Gasteiger charge is 2.38. The van der Waals surface area contributed by atoms with E-state index >= 15 is 0 Å². The fraction of sp³-hybridized carbons (Fsp3) is 0.469. The molecule has 4 rings (SSSR count). The van der Waals surface area contributed by atoms with Crippen molar-refractivity contribution >= 4 is 35.0 Å². The zero-order valence-corrected chi connectivity index (χ0v) is 26.2. The van der Waals surface area contributed by atoms with Crippen LogP contribution < -0.4 is 20.5 Å². The Morgan fingerprint density at radius 1 is 1.09 bits per heavy atom. The van der Waals surface area contributed by atoms with E-state index in [0.29, 0.717) is 11.5 Å². The van der Waals surface area contributed by atoms with E-state index in [1.54, 1.807) is 6.08 Å². The molecule has 2 aliphatic rings. The molecule has 1 saturated heterocycles. The number of ether oxygens (including phenoxy) is 2. The normalized spacial score (nSPS) is 18.7. The molecule has 2 aromatic carbocycles. The predicted octanol–water partition coefficient (Wildman–Crippen LogP) is 6.79. The predicted molar refractivity (Wildman–Crippen MR) is 164 cm³/mol. The van der Waals surface area contributed by atoms with Crippen LogP contribution in [0.4, 0.5) is 18.0 Å². The van der Waals surface area contributed by atoms with Gasteiger partial charge in [0.15, 0.2) is 0 Å². The molecule has 0 saturated carbocycles. The molecular formula is C32H39F3N2O6S. The van der Waals surface area contributed by atoms with Crippen LogP contribution in [-0.4, -0.2) is 47.2 Å². The highest BCUT2D eigenvalue weighted by Crippen LogP contribution is 2.41. The van der Waals surface area contributed by atoms with Gasteiger partial charge in [-0.05, 0) is 130 Å². The average molecular weight is 637 g/mol. The molecule has 1 fully saturated rings. The molecule has 1 atom stereocenters. The molecule has 0 bridgehead atoms. The molecule has 4 N–H and O–H groups in total. The SMILES string of the molecule is Cc1c(C)c2c(c(C)c1CCCCCCN)CCC(C)(COc1ccc(/C=C3/SC(=O)NC3=O)cc1)O2.O=C(O)C(F)(F)F. The van der Waals surface area contributed by atoms with Gasteiger partial charge in [0.05, 0.1) is 4.91 Å². The minimum atomic E-state index is -5.08. The van der Waals surface area contributed by atoms with E-state index in [1.165, 1.54) is 47.1 Å². The average Bonchev–Trinajstić information content (AvgIpc) is 3.28. The number of fused-ring (bicyclic) bond motifs is 1. The Morgan fingerprint density at radius 2 is 1.73 bits per heavy atom. The number of unbranched alkanes of at least 4 members (excludes halogenated alkanes) is 3. The maximum absolute atomic E-state index is 11.8. The first-order valence-electron chi connectivity index (χ1n) is 14.4. The van der Waals surface area contributed by atoms with Crippen molar-refractivity contribution in [2.45, 2.75) is 84.4 Å². The number of amides is 2. The summed E-state index contributed by atoms with van der Waals surface area (Å²) in [7, 11) is 0. The molecule has 8 nitrogen and oxygen atoms in total. The van der Waals surface area contributed by atoms with Crippen LogP contribution in [0.3, 0.4) is 0 Å². The lowest BCUT2D eigenvalue weighted by Crippen LogP contribution is -2.42. The molecule has 0 aromatic heterocycles. The quantitative estimate of drug-likeness (QED) is 0.192. The summed E-state index contributed by atoms with van der Waals surface area (Å²) in [5.74, 6) is -1.34. The highest BCUT2D eigenvalue weighted by molar-refractivity contribution is 8.18. The molecule has 44 heavy (non-hydrogen) atoms. The standard InChI is InChI=1S/C30H38N2O4S.C2HF3O2/c1-19-20(2)27-25(21(3)24(19)9-7-5-6-8-16-31)14-15-30(4,36-27)18-35-23-12-10-22(11-13-23)17-26-28(33)32-29(34)37-26;3-2(4,5)1(6)7/h10-13,17H,5-9,14-16,18,31H2,1-4H3,(H,32,33,34);(H,6,7)/b26-17+;. The molecule has 0 radical (unpaired) electrons. The summed E-state index contributed by atoms with van der Waals surface area (Å²) >= 11 is 0.915. The summed E-state index contributed by atoms with van der Waals surface area (Å²) < 4.78 is 44.5. The Morgan fingerprint density at radius 3 is 2.30 bits per heavy atom. The number of hydrogen-bond acceptors (Lipinski definition) is 7. The van der Waals surface area contributed by atoms with E-state index in [4.69, 9.17) is 25.1 Å². The van der Waals surface area contributed by atoms with Gasteiger partial charge in [0.25, 0.3) is 11.1 Å². The third-order valence-electron chi connectivity index (χ3n) is 7.77. The van der Waals surface area contributed by atoms with Gasteiger partial charge < -0.3 is 20.3 Å². The number of nitrogens with two attached hydrogens (primary N) is 1. The van der Waals surface area contributed by atoms with Gasteiger partial charge in [0.1, 0.15) is 23.7 Å². The van der Waals surface area contributed by atoms with Gasteiger partial charge >= 0.3 is 12.1 Å². The number of rotatable bonds is 10. The van der Waals surface area contributed by atoms with Crippen LogP contribution in [0.15, 0.2) is 29.2 Å². The minimum absolute atomic E-state index is 0.339. The summed E-state index contributed by atoms with van der Waals surface area (Å²) in [5.41, 5.74) is 12.9. The van der Waals surface area contributed by atoms with Crippen LogP contribution >= 0.6 is 11.8 Å².